The summed E-state index contributed by atoms with van der Waals surface area (Å²) in [6.07, 6.45) is 1.02. The predicted molar refractivity (Wildman–Crippen MR) is 89.9 cm³/mol. The van der Waals surface area contributed by atoms with E-state index in [1.165, 1.54) is 5.56 Å². The van der Waals surface area contributed by atoms with Crippen LogP contribution < -0.4 is 10.1 Å². The first-order valence-electron chi connectivity index (χ1n) is 6.26. The minimum absolute atomic E-state index is 0.138. The molecule has 0 fully saturated rings. The molecule has 1 atom stereocenters. The molecule has 2 aromatic carbocycles. The van der Waals surface area contributed by atoms with E-state index in [-0.39, 0.29) is 6.10 Å². The molecule has 0 saturated carbocycles. The van der Waals surface area contributed by atoms with Crippen molar-refractivity contribution in [2.45, 2.75) is 12.5 Å². The van der Waals surface area contributed by atoms with Crippen LogP contribution in [-0.4, -0.2) is 12.6 Å². The lowest BCUT2D eigenvalue weighted by molar-refractivity contribution is 0.246. The van der Waals surface area contributed by atoms with Gasteiger partial charge in [0.05, 0.1) is 6.54 Å². The number of fused-ring (bicyclic) bond motifs is 1. The molecule has 0 amide bonds. The highest BCUT2D eigenvalue weighted by Crippen LogP contribution is 2.32. The molecule has 1 aliphatic heterocycles. The Labute approximate surface area is 139 Å². The number of hydrogen-bond donors (Lipinski definition) is 1. The average Bonchev–Trinajstić information content (AvgIpc) is 2.79. The molecule has 1 N–H and O–H groups in total. The van der Waals surface area contributed by atoms with E-state index in [1.54, 1.807) is 0 Å². The van der Waals surface area contributed by atoms with E-state index < -0.39 is 0 Å². The minimum atomic E-state index is 0.138. The molecule has 1 unspecified atom stereocenters. The van der Waals surface area contributed by atoms with Gasteiger partial charge in [-0.05, 0) is 57.9 Å². The predicted octanol–water partition coefficient (Wildman–Crippen LogP) is 5.28. The number of anilines is 1. The Morgan fingerprint density at radius 3 is 2.85 bits per heavy atom. The minimum Gasteiger partial charge on any atom is -0.488 e. The van der Waals surface area contributed by atoms with Gasteiger partial charge < -0.3 is 10.1 Å². The van der Waals surface area contributed by atoms with E-state index >= 15 is 0 Å². The summed E-state index contributed by atoms with van der Waals surface area (Å²) in [7, 11) is 0. The van der Waals surface area contributed by atoms with E-state index in [2.05, 4.69) is 37.2 Å². The van der Waals surface area contributed by atoms with Crippen molar-refractivity contribution in [2.75, 3.05) is 11.9 Å². The first-order valence-corrected chi connectivity index (χ1v) is 8.22. The van der Waals surface area contributed by atoms with Crippen molar-refractivity contribution in [3.05, 3.63) is 55.9 Å². The average molecular weight is 418 g/mol. The summed E-state index contributed by atoms with van der Waals surface area (Å²) in [4.78, 5) is 0. The van der Waals surface area contributed by atoms with E-state index in [4.69, 9.17) is 16.3 Å². The van der Waals surface area contributed by atoms with Crippen LogP contribution in [0.4, 0.5) is 5.69 Å². The maximum absolute atomic E-state index is 6.00. The zero-order valence-electron chi connectivity index (χ0n) is 10.5. The monoisotopic (exact) mass is 415 g/mol. The smallest absolute Gasteiger partial charge is 0.123 e. The van der Waals surface area contributed by atoms with Gasteiger partial charge >= 0.3 is 0 Å². The molecule has 3 rings (SSSR count). The molecule has 0 saturated heterocycles. The number of halogens is 3. The van der Waals surface area contributed by atoms with Gasteiger partial charge in [-0.25, -0.2) is 0 Å². The maximum Gasteiger partial charge on any atom is 0.123 e. The van der Waals surface area contributed by atoms with E-state index in [9.17, 15) is 0 Å². The molecule has 0 spiro atoms. The molecule has 0 aliphatic carbocycles. The number of rotatable bonds is 3. The third-order valence-corrected chi connectivity index (χ3v) is 4.60. The Bertz CT molecular complexity index is 648. The summed E-state index contributed by atoms with van der Waals surface area (Å²) in [5.74, 6) is 0.941. The van der Waals surface area contributed by atoms with Crippen LogP contribution in [-0.2, 0) is 6.42 Å². The van der Waals surface area contributed by atoms with E-state index in [0.29, 0.717) is 0 Å². The van der Waals surface area contributed by atoms with Crippen molar-refractivity contribution >= 4 is 49.1 Å². The zero-order chi connectivity index (χ0) is 14.1. The highest BCUT2D eigenvalue weighted by atomic mass is 79.9. The zero-order valence-corrected chi connectivity index (χ0v) is 14.4. The summed E-state index contributed by atoms with van der Waals surface area (Å²) < 4.78 is 7.98. The van der Waals surface area contributed by atoms with Crippen molar-refractivity contribution in [3.8, 4) is 5.75 Å². The van der Waals surface area contributed by atoms with Crippen LogP contribution in [0.5, 0.6) is 5.75 Å². The molecule has 104 valence electrons. The van der Waals surface area contributed by atoms with Gasteiger partial charge in [-0.15, -0.1) is 0 Å². The maximum atomic E-state index is 6.00. The normalized spacial score (nSPS) is 16.6. The molecular formula is C15H12Br2ClNO. The first-order chi connectivity index (χ1) is 9.61. The van der Waals surface area contributed by atoms with Gasteiger partial charge in [0.1, 0.15) is 11.9 Å². The second kappa shape index (κ2) is 5.96. The fourth-order valence-electron chi connectivity index (χ4n) is 2.26. The molecule has 1 heterocycles. The largest absolute Gasteiger partial charge is 0.488 e. The van der Waals surface area contributed by atoms with Crippen molar-refractivity contribution in [2.24, 2.45) is 0 Å². The SMILES string of the molecule is Clc1ccc2c(c1)CC(CNc1ccc(Br)cc1Br)O2. The Balaban J connectivity index is 1.63. The van der Waals surface area contributed by atoms with Crippen LogP contribution in [0, 0.1) is 0 Å². The molecule has 5 heteroatoms. The van der Waals surface area contributed by atoms with Gasteiger partial charge in [-0.1, -0.05) is 27.5 Å². The van der Waals surface area contributed by atoms with Crippen molar-refractivity contribution < 1.29 is 4.74 Å². The number of nitrogens with one attached hydrogen (secondary N) is 1. The highest BCUT2D eigenvalue weighted by Gasteiger charge is 2.22. The number of ether oxygens (including phenoxy) is 1. The van der Waals surface area contributed by atoms with Gasteiger partial charge in [-0.3, -0.25) is 0 Å². The van der Waals surface area contributed by atoms with Gasteiger partial charge in [0.2, 0.25) is 0 Å². The first kappa shape index (κ1) is 14.2. The fraction of sp³-hybridized carbons (Fsp3) is 0.200. The standard InChI is InChI=1S/C15H12Br2ClNO/c16-10-1-3-14(13(17)7-10)19-8-12-6-9-5-11(18)2-4-15(9)20-12/h1-5,7,12,19H,6,8H2. The summed E-state index contributed by atoms with van der Waals surface area (Å²) in [6.45, 7) is 0.756. The lowest BCUT2D eigenvalue weighted by atomic mass is 10.1. The Kier molecular flexibility index (Phi) is 4.24. The summed E-state index contributed by atoms with van der Waals surface area (Å²) >= 11 is 13.0. The van der Waals surface area contributed by atoms with Crippen LogP contribution in [0.15, 0.2) is 45.3 Å². The molecule has 20 heavy (non-hydrogen) atoms. The van der Waals surface area contributed by atoms with Gasteiger partial charge in [0.15, 0.2) is 0 Å². The highest BCUT2D eigenvalue weighted by molar-refractivity contribution is 9.11. The van der Waals surface area contributed by atoms with E-state index in [1.807, 2.05) is 36.4 Å². The van der Waals surface area contributed by atoms with Crippen LogP contribution >= 0.6 is 43.5 Å². The summed E-state index contributed by atoms with van der Waals surface area (Å²) in [5.41, 5.74) is 2.24. The lowest BCUT2D eigenvalue weighted by Crippen LogP contribution is -2.24. The van der Waals surface area contributed by atoms with Crippen molar-refractivity contribution in [3.63, 3.8) is 0 Å². The van der Waals surface area contributed by atoms with Crippen LogP contribution in [0.1, 0.15) is 5.56 Å². The third kappa shape index (κ3) is 3.13. The van der Waals surface area contributed by atoms with Gasteiger partial charge in [-0.2, -0.15) is 0 Å². The van der Waals surface area contributed by atoms with Crippen molar-refractivity contribution in [1.82, 2.24) is 0 Å². The van der Waals surface area contributed by atoms with Gasteiger partial charge in [0.25, 0.3) is 0 Å². The Hall–Kier alpha value is -0.710. The Morgan fingerprint density at radius 2 is 2.05 bits per heavy atom. The molecule has 0 bridgehead atoms. The summed E-state index contributed by atoms with van der Waals surface area (Å²) in [5, 5.41) is 4.17. The second-order valence-corrected chi connectivity index (χ2v) is 6.91. The third-order valence-electron chi connectivity index (χ3n) is 3.22. The summed E-state index contributed by atoms with van der Waals surface area (Å²) in [6, 6.07) is 11.8. The number of hydrogen-bond acceptors (Lipinski definition) is 2. The number of benzene rings is 2. The Morgan fingerprint density at radius 1 is 1.20 bits per heavy atom. The molecule has 2 nitrogen and oxygen atoms in total. The quantitative estimate of drug-likeness (QED) is 0.734. The molecule has 0 radical (unpaired) electrons. The fourth-order valence-corrected chi connectivity index (χ4v) is 3.64. The van der Waals surface area contributed by atoms with E-state index in [0.717, 1.165) is 38.4 Å². The molecular weight excluding hydrogens is 405 g/mol. The molecule has 2 aromatic rings. The van der Waals surface area contributed by atoms with Crippen molar-refractivity contribution in [1.29, 1.82) is 0 Å². The topological polar surface area (TPSA) is 21.3 Å². The van der Waals surface area contributed by atoms with Crippen LogP contribution in [0.3, 0.4) is 0 Å². The van der Waals surface area contributed by atoms with Gasteiger partial charge in [0, 0.05) is 26.1 Å². The molecule has 0 aromatic heterocycles. The van der Waals surface area contributed by atoms with Crippen LogP contribution in [0.25, 0.3) is 0 Å². The molecule has 1 aliphatic rings. The van der Waals surface area contributed by atoms with Crippen LogP contribution in [0.2, 0.25) is 5.02 Å². The second-order valence-electron chi connectivity index (χ2n) is 4.70. The lowest BCUT2D eigenvalue weighted by Gasteiger charge is -2.14.